The van der Waals surface area contributed by atoms with Crippen molar-refractivity contribution in [2.24, 2.45) is 0 Å². The van der Waals surface area contributed by atoms with Gasteiger partial charge in [0.2, 0.25) is 0 Å². The lowest BCUT2D eigenvalue weighted by Crippen LogP contribution is -2.18. The summed E-state index contributed by atoms with van der Waals surface area (Å²) in [6, 6.07) is 6.14. The molecule has 3 nitrogen and oxygen atoms in total. The van der Waals surface area contributed by atoms with Crippen LogP contribution in [0.1, 0.15) is 29.7 Å². The first kappa shape index (κ1) is 13.1. The molecule has 0 saturated heterocycles. The number of halogens is 1. The highest BCUT2D eigenvalue weighted by Crippen LogP contribution is 2.28. The lowest BCUT2D eigenvalue weighted by atomic mass is 9.97. The minimum absolute atomic E-state index is 0.129. The first-order valence-corrected chi connectivity index (χ1v) is 6.49. The summed E-state index contributed by atoms with van der Waals surface area (Å²) < 4.78 is 1.93. The Bertz CT molecular complexity index is 534. The Labute approximate surface area is 113 Å². The van der Waals surface area contributed by atoms with Gasteiger partial charge >= 0.3 is 0 Å². The van der Waals surface area contributed by atoms with Gasteiger partial charge in [-0.05, 0) is 38.1 Å². The molecule has 1 atom stereocenters. The third kappa shape index (κ3) is 2.42. The average molecular weight is 264 g/mol. The van der Waals surface area contributed by atoms with E-state index in [1.807, 2.05) is 37.0 Å². The predicted octanol–water partition coefficient (Wildman–Crippen LogP) is 3.17. The third-order valence-electron chi connectivity index (χ3n) is 3.22. The Hall–Kier alpha value is -1.32. The maximum atomic E-state index is 6.19. The smallest absolute Gasteiger partial charge is 0.0608 e. The number of benzene rings is 1. The zero-order chi connectivity index (χ0) is 13.1. The summed E-state index contributed by atoms with van der Waals surface area (Å²) in [6.07, 6.45) is 3.98. The molecule has 0 bridgehead atoms. The molecule has 1 heterocycles. The molecular formula is C14H18ClN3. The maximum absolute atomic E-state index is 6.19. The van der Waals surface area contributed by atoms with Gasteiger partial charge in [0, 0.05) is 23.3 Å². The number of hydrogen-bond donors (Lipinski definition) is 1. The van der Waals surface area contributed by atoms with E-state index in [0.717, 1.165) is 22.7 Å². The van der Waals surface area contributed by atoms with E-state index in [1.165, 1.54) is 5.56 Å². The van der Waals surface area contributed by atoms with E-state index in [9.17, 15) is 0 Å². The Morgan fingerprint density at radius 2 is 2.22 bits per heavy atom. The number of nitrogens with one attached hydrogen (secondary N) is 1. The van der Waals surface area contributed by atoms with Crippen molar-refractivity contribution in [3.63, 3.8) is 0 Å². The zero-order valence-electron chi connectivity index (χ0n) is 10.9. The summed E-state index contributed by atoms with van der Waals surface area (Å²) in [4.78, 5) is 0. The Morgan fingerprint density at radius 1 is 1.44 bits per heavy atom. The van der Waals surface area contributed by atoms with Gasteiger partial charge in [0.25, 0.3) is 0 Å². The van der Waals surface area contributed by atoms with Crippen LogP contribution in [-0.4, -0.2) is 16.8 Å². The van der Waals surface area contributed by atoms with Gasteiger partial charge in [0.05, 0.1) is 12.2 Å². The van der Waals surface area contributed by atoms with E-state index in [2.05, 4.69) is 29.6 Å². The van der Waals surface area contributed by atoms with E-state index < -0.39 is 0 Å². The van der Waals surface area contributed by atoms with Crippen LogP contribution in [0.5, 0.6) is 0 Å². The van der Waals surface area contributed by atoms with E-state index in [-0.39, 0.29) is 6.04 Å². The number of hydrogen-bond acceptors (Lipinski definition) is 2. The SMILES string of the molecule is CCn1cc(C(NC)c2cccc(Cl)c2C)cn1. The van der Waals surface area contributed by atoms with Crippen LogP contribution in [0, 0.1) is 6.92 Å². The molecular weight excluding hydrogens is 246 g/mol. The summed E-state index contributed by atoms with van der Waals surface area (Å²) >= 11 is 6.19. The van der Waals surface area contributed by atoms with Crippen molar-refractivity contribution in [2.75, 3.05) is 7.05 Å². The van der Waals surface area contributed by atoms with Crippen LogP contribution in [0.25, 0.3) is 0 Å². The lowest BCUT2D eigenvalue weighted by Gasteiger charge is -2.18. The number of aryl methyl sites for hydroxylation is 1. The number of nitrogens with zero attached hydrogens (tertiary/aromatic N) is 2. The van der Waals surface area contributed by atoms with Crippen molar-refractivity contribution in [3.8, 4) is 0 Å². The Morgan fingerprint density at radius 3 is 2.83 bits per heavy atom. The van der Waals surface area contributed by atoms with E-state index >= 15 is 0 Å². The highest BCUT2D eigenvalue weighted by atomic mass is 35.5. The van der Waals surface area contributed by atoms with Crippen LogP contribution >= 0.6 is 11.6 Å². The van der Waals surface area contributed by atoms with Crippen molar-refractivity contribution in [2.45, 2.75) is 26.4 Å². The second-order valence-electron chi connectivity index (χ2n) is 4.31. The second-order valence-corrected chi connectivity index (χ2v) is 4.71. The highest BCUT2D eigenvalue weighted by molar-refractivity contribution is 6.31. The molecule has 0 spiro atoms. The molecule has 2 aromatic rings. The fraction of sp³-hybridized carbons (Fsp3) is 0.357. The topological polar surface area (TPSA) is 29.9 Å². The predicted molar refractivity (Wildman–Crippen MR) is 75.0 cm³/mol. The number of aromatic nitrogens is 2. The van der Waals surface area contributed by atoms with E-state index in [4.69, 9.17) is 11.6 Å². The molecule has 0 aliphatic heterocycles. The summed E-state index contributed by atoms with van der Waals surface area (Å²) in [5, 5.41) is 8.45. The molecule has 0 radical (unpaired) electrons. The zero-order valence-corrected chi connectivity index (χ0v) is 11.7. The fourth-order valence-corrected chi connectivity index (χ4v) is 2.32. The van der Waals surface area contributed by atoms with Gasteiger partial charge < -0.3 is 5.32 Å². The molecule has 0 aliphatic rings. The van der Waals surface area contributed by atoms with E-state index in [0.29, 0.717) is 0 Å². The van der Waals surface area contributed by atoms with Crippen LogP contribution < -0.4 is 5.32 Å². The quantitative estimate of drug-likeness (QED) is 0.918. The molecule has 0 saturated carbocycles. The van der Waals surface area contributed by atoms with Gasteiger partial charge in [0.1, 0.15) is 0 Å². The first-order chi connectivity index (χ1) is 8.67. The largest absolute Gasteiger partial charge is 0.309 e. The summed E-state index contributed by atoms with van der Waals surface area (Å²) in [5.74, 6) is 0. The fourth-order valence-electron chi connectivity index (χ4n) is 2.14. The van der Waals surface area contributed by atoms with Gasteiger partial charge in [-0.15, -0.1) is 0 Å². The van der Waals surface area contributed by atoms with E-state index in [1.54, 1.807) is 0 Å². The molecule has 2 rings (SSSR count). The Balaban J connectivity index is 2.41. The van der Waals surface area contributed by atoms with Gasteiger partial charge in [-0.1, -0.05) is 23.7 Å². The molecule has 1 aromatic carbocycles. The molecule has 96 valence electrons. The van der Waals surface area contributed by atoms with Gasteiger partial charge in [0.15, 0.2) is 0 Å². The first-order valence-electron chi connectivity index (χ1n) is 6.12. The average Bonchev–Trinajstić information content (AvgIpc) is 2.84. The van der Waals surface area contributed by atoms with Crippen LogP contribution in [0.4, 0.5) is 0 Å². The second kappa shape index (κ2) is 5.55. The maximum Gasteiger partial charge on any atom is 0.0608 e. The molecule has 18 heavy (non-hydrogen) atoms. The molecule has 1 N–H and O–H groups in total. The number of rotatable bonds is 4. The van der Waals surface area contributed by atoms with Gasteiger partial charge in [-0.3, -0.25) is 4.68 Å². The monoisotopic (exact) mass is 263 g/mol. The van der Waals surface area contributed by atoms with Crippen LogP contribution in [0.2, 0.25) is 5.02 Å². The van der Waals surface area contributed by atoms with Crippen molar-refractivity contribution in [3.05, 3.63) is 52.3 Å². The molecule has 0 fully saturated rings. The molecule has 1 aromatic heterocycles. The summed E-state index contributed by atoms with van der Waals surface area (Å²) in [5.41, 5.74) is 3.47. The normalized spacial score (nSPS) is 12.7. The highest BCUT2D eigenvalue weighted by Gasteiger charge is 2.16. The summed E-state index contributed by atoms with van der Waals surface area (Å²) in [7, 11) is 1.95. The molecule has 0 amide bonds. The van der Waals surface area contributed by atoms with Crippen molar-refractivity contribution in [1.82, 2.24) is 15.1 Å². The minimum atomic E-state index is 0.129. The lowest BCUT2D eigenvalue weighted by molar-refractivity contribution is 0.653. The van der Waals surface area contributed by atoms with Gasteiger partial charge in [-0.2, -0.15) is 5.10 Å². The Kier molecular flexibility index (Phi) is 4.04. The van der Waals surface area contributed by atoms with Crippen LogP contribution in [0.3, 0.4) is 0 Å². The summed E-state index contributed by atoms with van der Waals surface area (Å²) in [6.45, 7) is 5.01. The van der Waals surface area contributed by atoms with Crippen molar-refractivity contribution in [1.29, 1.82) is 0 Å². The standard InChI is InChI=1S/C14H18ClN3/c1-4-18-9-11(8-17-18)14(16-3)12-6-5-7-13(15)10(12)2/h5-9,14,16H,4H2,1-3H3. The van der Waals surface area contributed by atoms with Crippen LogP contribution in [-0.2, 0) is 6.54 Å². The molecule has 1 unspecified atom stereocenters. The van der Waals surface area contributed by atoms with Gasteiger partial charge in [-0.25, -0.2) is 0 Å². The molecule has 4 heteroatoms. The molecule has 0 aliphatic carbocycles. The van der Waals surface area contributed by atoms with Crippen molar-refractivity contribution >= 4 is 11.6 Å². The third-order valence-corrected chi connectivity index (χ3v) is 3.63. The van der Waals surface area contributed by atoms with Crippen LogP contribution in [0.15, 0.2) is 30.6 Å². The van der Waals surface area contributed by atoms with Crippen molar-refractivity contribution < 1.29 is 0 Å². The minimum Gasteiger partial charge on any atom is -0.309 e.